The van der Waals surface area contributed by atoms with Gasteiger partial charge in [0, 0.05) is 42.7 Å². The number of allylic oxidation sites excluding steroid dienone is 4. The Morgan fingerprint density at radius 2 is 1.38 bits per heavy atom. The van der Waals surface area contributed by atoms with Gasteiger partial charge in [0.2, 0.25) is 0 Å². The number of aliphatic hydroxyl groups is 2. The Bertz CT molecular complexity index is 944. The second kappa shape index (κ2) is 8.64. The third-order valence-electron chi connectivity index (χ3n) is 6.19. The Morgan fingerprint density at radius 1 is 0.875 bits per heavy atom. The molecule has 0 fully saturated rings. The molecule has 0 spiro atoms. The summed E-state index contributed by atoms with van der Waals surface area (Å²) in [6, 6.07) is 5.21. The molecule has 32 heavy (non-hydrogen) atoms. The number of carbonyl (C=O) groups is 2. The Morgan fingerprint density at radius 3 is 1.78 bits per heavy atom. The maximum absolute atomic E-state index is 13.3. The number of ketones is 2. The summed E-state index contributed by atoms with van der Waals surface area (Å²) in [7, 11) is 1.54. The normalized spacial score (nSPS) is 20.7. The topological polar surface area (TPSA) is 93.1 Å². The molecule has 0 saturated heterocycles. The molecule has 0 unspecified atom stereocenters. The van der Waals surface area contributed by atoms with E-state index in [2.05, 4.69) is 0 Å². The zero-order valence-electron chi connectivity index (χ0n) is 19.9. The van der Waals surface area contributed by atoms with Gasteiger partial charge in [0.15, 0.2) is 23.1 Å². The molecule has 6 heteroatoms. The number of benzene rings is 1. The number of hydrogen-bond acceptors (Lipinski definition) is 6. The SMILES string of the molecule is CCOc1cc(C(C2=C(O)CC(C)(C)CC2=O)C2=C(O)CC(C)(C)CC2=O)ccc1OC. The van der Waals surface area contributed by atoms with Crippen molar-refractivity contribution >= 4 is 11.6 Å². The molecule has 0 saturated carbocycles. The molecule has 0 radical (unpaired) electrons. The number of hydrogen-bond donors (Lipinski definition) is 2. The number of ether oxygens (including phenoxy) is 2. The number of Topliss-reactive ketones (excluding diaryl/α,β-unsaturated/α-hetero) is 2. The summed E-state index contributed by atoms with van der Waals surface area (Å²) < 4.78 is 11.1. The minimum absolute atomic E-state index is 0.0250. The molecule has 2 aliphatic carbocycles. The van der Waals surface area contributed by atoms with Crippen LogP contribution in [-0.4, -0.2) is 35.5 Å². The number of methoxy groups -OCH3 is 1. The van der Waals surface area contributed by atoms with Crippen LogP contribution in [-0.2, 0) is 9.59 Å². The van der Waals surface area contributed by atoms with Crippen LogP contribution in [0.2, 0.25) is 0 Å². The third kappa shape index (κ3) is 4.69. The monoisotopic (exact) mass is 442 g/mol. The molecule has 1 aromatic carbocycles. The average molecular weight is 443 g/mol. The van der Waals surface area contributed by atoms with Crippen molar-refractivity contribution in [3.05, 3.63) is 46.4 Å². The molecule has 1 aromatic rings. The standard InChI is InChI=1S/C26H34O6/c1-7-32-21-10-15(8-9-20(21)31-6)22(23-16(27)11-25(2,3)12-17(23)28)24-18(29)13-26(4,5)14-19(24)30/h8-10,22,27,29H,7,11-14H2,1-6H3. The Hall–Kier alpha value is -2.76. The fourth-order valence-electron chi connectivity index (χ4n) is 4.88. The van der Waals surface area contributed by atoms with E-state index in [0.29, 0.717) is 36.5 Å². The third-order valence-corrected chi connectivity index (χ3v) is 6.19. The van der Waals surface area contributed by atoms with Gasteiger partial charge >= 0.3 is 0 Å². The molecule has 2 N–H and O–H groups in total. The highest BCUT2D eigenvalue weighted by atomic mass is 16.5. The Balaban J connectivity index is 2.26. The Labute approximate surface area is 189 Å². The highest BCUT2D eigenvalue weighted by molar-refractivity contribution is 6.05. The van der Waals surface area contributed by atoms with Crippen molar-refractivity contribution in [3.8, 4) is 11.5 Å². The first-order valence-electron chi connectivity index (χ1n) is 11.1. The van der Waals surface area contributed by atoms with Gasteiger partial charge in [0.25, 0.3) is 0 Å². The van der Waals surface area contributed by atoms with Gasteiger partial charge in [0.05, 0.1) is 13.7 Å². The van der Waals surface area contributed by atoms with E-state index in [1.54, 1.807) is 18.2 Å². The minimum atomic E-state index is -0.868. The first-order valence-corrected chi connectivity index (χ1v) is 11.1. The van der Waals surface area contributed by atoms with Crippen LogP contribution >= 0.6 is 0 Å². The van der Waals surface area contributed by atoms with Gasteiger partial charge < -0.3 is 19.7 Å². The predicted molar refractivity (Wildman–Crippen MR) is 122 cm³/mol. The van der Waals surface area contributed by atoms with Crippen LogP contribution < -0.4 is 9.47 Å². The van der Waals surface area contributed by atoms with Crippen LogP contribution in [0.25, 0.3) is 0 Å². The zero-order valence-corrected chi connectivity index (χ0v) is 19.9. The van der Waals surface area contributed by atoms with Gasteiger partial charge in [-0.3, -0.25) is 9.59 Å². The lowest BCUT2D eigenvalue weighted by molar-refractivity contribution is -0.119. The van der Waals surface area contributed by atoms with Gasteiger partial charge in [0.1, 0.15) is 11.5 Å². The van der Waals surface area contributed by atoms with Crippen molar-refractivity contribution in [3.63, 3.8) is 0 Å². The number of carbonyl (C=O) groups excluding carboxylic acids is 2. The molecular weight excluding hydrogens is 408 g/mol. The van der Waals surface area contributed by atoms with Crippen molar-refractivity contribution in [1.82, 2.24) is 0 Å². The van der Waals surface area contributed by atoms with E-state index in [9.17, 15) is 19.8 Å². The maximum atomic E-state index is 13.3. The summed E-state index contributed by atoms with van der Waals surface area (Å²) in [5.41, 5.74) is 0.220. The van der Waals surface area contributed by atoms with Crippen molar-refractivity contribution in [2.45, 2.75) is 66.2 Å². The summed E-state index contributed by atoms with van der Waals surface area (Å²) in [5, 5.41) is 21.9. The van der Waals surface area contributed by atoms with Crippen molar-refractivity contribution < 1.29 is 29.3 Å². The quantitative estimate of drug-likeness (QED) is 0.597. The van der Waals surface area contributed by atoms with Crippen molar-refractivity contribution in [1.29, 1.82) is 0 Å². The van der Waals surface area contributed by atoms with Gasteiger partial charge in [-0.2, -0.15) is 0 Å². The van der Waals surface area contributed by atoms with E-state index in [0.717, 1.165) is 0 Å². The fourth-order valence-corrected chi connectivity index (χ4v) is 4.88. The molecule has 3 rings (SSSR count). The molecule has 0 aliphatic heterocycles. The molecule has 0 heterocycles. The Kier molecular flexibility index (Phi) is 6.45. The second-order valence-corrected chi connectivity index (χ2v) is 10.4. The summed E-state index contributed by atoms with van der Waals surface area (Å²) in [6.07, 6.45) is 1.16. The van der Waals surface area contributed by atoms with Crippen LogP contribution in [0.5, 0.6) is 11.5 Å². The van der Waals surface area contributed by atoms with Crippen molar-refractivity contribution in [2.24, 2.45) is 10.8 Å². The molecule has 6 nitrogen and oxygen atoms in total. The van der Waals surface area contributed by atoms with E-state index < -0.39 is 5.92 Å². The van der Waals surface area contributed by atoms with Gasteiger partial charge in [-0.05, 0) is 35.4 Å². The maximum Gasteiger partial charge on any atom is 0.163 e. The zero-order chi connectivity index (χ0) is 23.8. The second-order valence-electron chi connectivity index (χ2n) is 10.4. The molecular formula is C26H34O6. The molecule has 0 atom stereocenters. The minimum Gasteiger partial charge on any atom is -0.512 e. The summed E-state index contributed by atoms with van der Waals surface area (Å²) >= 11 is 0. The van der Waals surface area contributed by atoms with Crippen LogP contribution in [0.1, 0.15) is 71.8 Å². The largest absolute Gasteiger partial charge is 0.512 e. The van der Waals surface area contributed by atoms with E-state index in [-0.39, 0.29) is 57.9 Å². The smallest absolute Gasteiger partial charge is 0.163 e. The van der Waals surface area contributed by atoms with Gasteiger partial charge in [-0.1, -0.05) is 33.8 Å². The fraction of sp³-hybridized carbons (Fsp3) is 0.538. The predicted octanol–water partition coefficient (Wildman–Crippen LogP) is 5.58. The first-order chi connectivity index (χ1) is 14.9. The molecule has 0 aromatic heterocycles. The lowest BCUT2D eigenvalue weighted by Crippen LogP contribution is -2.33. The average Bonchev–Trinajstić information content (AvgIpc) is 2.64. The molecule has 0 amide bonds. The van der Waals surface area contributed by atoms with Crippen LogP contribution in [0, 0.1) is 10.8 Å². The van der Waals surface area contributed by atoms with E-state index in [4.69, 9.17) is 9.47 Å². The van der Waals surface area contributed by atoms with Gasteiger partial charge in [-0.25, -0.2) is 0 Å². The summed E-state index contributed by atoms with van der Waals surface area (Å²) in [6.45, 7) is 9.98. The first kappa shape index (κ1) is 23.9. The number of rotatable bonds is 6. The highest BCUT2D eigenvalue weighted by Gasteiger charge is 2.43. The number of aliphatic hydroxyl groups excluding tert-OH is 2. The summed E-state index contributed by atoms with van der Waals surface area (Å²) in [4.78, 5) is 26.5. The van der Waals surface area contributed by atoms with Crippen molar-refractivity contribution in [2.75, 3.05) is 13.7 Å². The lowest BCUT2D eigenvalue weighted by Gasteiger charge is -2.36. The van der Waals surface area contributed by atoms with Crippen LogP contribution in [0.15, 0.2) is 40.9 Å². The van der Waals surface area contributed by atoms with E-state index in [1.165, 1.54) is 7.11 Å². The molecule has 2 aliphatic rings. The van der Waals surface area contributed by atoms with Gasteiger partial charge in [-0.15, -0.1) is 0 Å². The molecule has 174 valence electrons. The van der Waals surface area contributed by atoms with E-state index in [1.807, 2.05) is 34.6 Å². The highest BCUT2D eigenvalue weighted by Crippen LogP contribution is 2.48. The van der Waals surface area contributed by atoms with Crippen LogP contribution in [0.3, 0.4) is 0 Å². The van der Waals surface area contributed by atoms with Crippen LogP contribution in [0.4, 0.5) is 0 Å². The molecule has 0 bridgehead atoms. The van der Waals surface area contributed by atoms with E-state index >= 15 is 0 Å². The lowest BCUT2D eigenvalue weighted by atomic mass is 9.67. The summed E-state index contributed by atoms with van der Waals surface area (Å²) in [5.74, 6) is -0.341.